The Balaban J connectivity index is 2.60. The maximum absolute atomic E-state index is 12.1. The van der Waals surface area contributed by atoms with Crippen LogP contribution in [0, 0.1) is 6.92 Å². The SMILES string of the molecule is CCC(C)N(C)CCNS(=O)(=O)c1cc(Br)sc1C. The van der Waals surface area contributed by atoms with Crippen LogP contribution in [0.5, 0.6) is 0 Å². The largest absolute Gasteiger partial charge is 0.302 e. The lowest BCUT2D eigenvalue weighted by molar-refractivity contribution is 0.256. The molecule has 19 heavy (non-hydrogen) atoms. The number of aryl methyl sites for hydroxylation is 1. The van der Waals surface area contributed by atoms with Crippen LogP contribution in [0.25, 0.3) is 0 Å². The molecule has 110 valence electrons. The molecule has 1 N–H and O–H groups in total. The summed E-state index contributed by atoms with van der Waals surface area (Å²) in [5.41, 5.74) is 0. The van der Waals surface area contributed by atoms with Crippen LogP contribution < -0.4 is 4.72 Å². The van der Waals surface area contributed by atoms with Gasteiger partial charge in [-0.05, 0) is 49.3 Å². The molecule has 4 nitrogen and oxygen atoms in total. The van der Waals surface area contributed by atoms with Crippen LogP contribution in [-0.2, 0) is 10.0 Å². The van der Waals surface area contributed by atoms with Gasteiger partial charge in [-0.25, -0.2) is 13.1 Å². The first kappa shape index (κ1) is 17.1. The van der Waals surface area contributed by atoms with Gasteiger partial charge in [0.1, 0.15) is 0 Å². The summed E-state index contributed by atoms with van der Waals surface area (Å²) >= 11 is 4.74. The van der Waals surface area contributed by atoms with E-state index < -0.39 is 10.0 Å². The molecule has 1 aromatic heterocycles. The standard InChI is InChI=1S/C12H21BrN2O2S2/c1-5-9(2)15(4)7-6-14-19(16,17)11-8-12(13)18-10(11)3/h8-9,14H,5-7H2,1-4H3. The van der Waals surface area contributed by atoms with E-state index in [-0.39, 0.29) is 0 Å². The molecular weight excluding hydrogens is 348 g/mol. The highest BCUT2D eigenvalue weighted by Crippen LogP contribution is 2.29. The molecule has 0 aliphatic heterocycles. The molecule has 1 heterocycles. The highest BCUT2D eigenvalue weighted by molar-refractivity contribution is 9.11. The molecule has 1 rings (SSSR count). The van der Waals surface area contributed by atoms with Gasteiger partial charge >= 0.3 is 0 Å². The molecule has 1 unspecified atom stereocenters. The van der Waals surface area contributed by atoms with Crippen LogP contribution in [0.15, 0.2) is 14.7 Å². The van der Waals surface area contributed by atoms with Gasteiger partial charge < -0.3 is 4.90 Å². The van der Waals surface area contributed by atoms with Gasteiger partial charge in [-0.1, -0.05) is 6.92 Å². The molecule has 0 bridgehead atoms. The normalized spacial score (nSPS) is 14.0. The van der Waals surface area contributed by atoms with E-state index in [1.807, 2.05) is 14.0 Å². The minimum Gasteiger partial charge on any atom is -0.302 e. The van der Waals surface area contributed by atoms with Gasteiger partial charge in [-0.2, -0.15) is 0 Å². The molecule has 7 heteroatoms. The Morgan fingerprint density at radius 3 is 2.63 bits per heavy atom. The van der Waals surface area contributed by atoms with E-state index >= 15 is 0 Å². The van der Waals surface area contributed by atoms with E-state index in [1.165, 1.54) is 11.3 Å². The second-order valence-corrected chi connectivity index (χ2v) is 8.98. The summed E-state index contributed by atoms with van der Waals surface area (Å²) in [4.78, 5) is 3.32. The molecule has 1 atom stereocenters. The number of nitrogens with one attached hydrogen (secondary N) is 1. The third-order valence-electron chi connectivity index (χ3n) is 3.23. The van der Waals surface area contributed by atoms with Crippen molar-refractivity contribution in [1.82, 2.24) is 9.62 Å². The first-order valence-electron chi connectivity index (χ1n) is 6.23. The lowest BCUT2D eigenvalue weighted by atomic mass is 10.2. The fourth-order valence-electron chi connectivity index (χ4n) is 1.66. The highest BCUT2D eigenvalue weighted by Gasteiger charge is 2.19. The number of nitrogens with zero attached hydrogens (tertiary/aromatic N) is 1. The zero-order chi connectivity index (χ0) is 14.6. The lowest BCUT2D eigenvalue weighted by Gasteiger charge is -2.23. The predicted octanol–water partition coefficient (Wildman–Crippen LogP) is 2.83. The molecular formula is C12H21BrN2O2S2. The van der Waals surface area contributed by atoms with Crippen molar-refractivity contribution in [2.24, 2.45) is 0 Å². The molecule has 0 saturated heterocycles. The van der Waals surface area contributed by atoms with E-state index in [0.29, 0.717) is 24.0 Å². The van der Waals surface area contributed by atoms with Crippen molar-refractivity contribution in [2.75, 3.05) is 20.1 Å². The van der Waals surface area contributed by atoms with Crippen LogP contribution in [0.3, 0.4) is 0 Å². The Labute approximate surface area is 128 Å². The lowest BCUT2D eigenvalue weighted by Crippen LogP contribution is -2.37. The summed E-state index contributed by atoms with van der Waals surface area (Å²) in [5.74, 6) is 0. The third-order valence-corrected chi connectivity index (χ3v) is 6.50. The van der Waals surface area contributed by atoms with Gasteiger partial charge in [0.05, 0.1) is 8.68 Å². The number of likely N-dealkylation sites (N-methyl/N-ethyl adjacent to an activating group) is 1. The molecule has 0 saturated carbocycles. The van der Waals surface area contributed by atoms with Crippen LogP contribution in [0.4, 0.5) is 0 Å². The number of thiophene rings is 1. The fraction of sp³-hybridized carbons (Fsp3) is 0.667. The van der Waals surface area contributed by atoms with Gasteiger partial charge in [-0.3, -0.25) is 0 Å². The molecule has 0 aromatic carbocycles. The second-order valence-electron chi connectivity index (χ2n) is 4.61. The summed E-state index contributed by atoms with van der Waals surface area (Å²) in [7, 11) is -1.39. The van der Waals surface area contributed by atoms with E-state index in [2.05, 4.69) is 39.4 Å². The Kier molecular flexibility index (Phi) is 6.46. The molecule has 1 aromatic rings. The zero-order valence-electron chi connectivity index (χ0n) is 11.7. The van der Waals surface area contributed by atoms with Gasteiger partial charge in [0, 0.05) is 24.0 Å². The monoisotopic (exact) mass is 368 g/mol. The van der Waals surface area contributed by atoms with Crippen molar-refractivity contribution in [3.8, 4) is 0 Å². The molecule has 0 aliphatic rings. The Bertz CT molecular complexity index is 514. The predicted molar refractivity (Wildman–Crippen MR) is 84.3 cm³/mol. The minimum atomic E-state index is -3.39. The maximum atomic E-state index is 12.1. The van der Waals surface area contributed by atoms with Crippen molar-refractivity contribution < 1.29 is 8.42 Å². The summed E-state index contributed by atoms with van der Waals surface area (Å²) < 4.78 is 27.8. The van der Waals surface area contributed by atoms with Crippen LogP contribution in [-0.4, -0.2) is 39.5 Å². The Morgan fingerprint density at radius 2 is 2.16 bits per heavy atom. The van der Waals surface area contributed by atoms with Crippen LogP contribution >= 0.6 is 27.3 Å². The van der Waals surface area contributed by atoms with E-state index in [0.717, 1.165) is 15.1 Å². The number of sulfonamides is 1. The molecule has 0 aliphatic carbocycles. The average Bonchev–Trinajstić information content (AvgIpc) is 2.67. The van der Waals surface area contributed by atoms with Gasteiger partial charge in [-0.15, -0.1) is 11.3 Å². The molecule has 0 radical (unpaired) electrons. The van der Waals surface area contributed by atoms with Crippen molar-refractivity contribution >= 4 is 37.3 Å². The molecule has 0 amide bonds. The Hall–Kier alpha value is 0.0500. The topological polar surface area (TPSA) is 49.4 Å². The summed E-state index contributed by atoms with van der Waals surface area (Å²) in [6.07, 6.45) is 1.06. The van der Waals surface area contributed by atoms with Crippen molar-refractivity contribution in [3.63, 3.8) is 0 Å². The molecule has 0 fully saturated rings. The quantitative estimate of drug-likeness (QED) is 0.804. The van der Waals surface area contributed by atoms with E-state index in [9.17, 15) is 8.42 Å². The summed E-state index contributed by atoms with van der Waals surface area (Å²) in [5, 5.41) is 0. The van der Waals surface area contributed by atoms with E-state index in [1.54, 1.807) is 6.07 Å². The average molecular weight is 369 g/mol. The smallest absolute Gasteiger partial charge is 0.241 e. The fourth-order valence-corrected chi connectivity index (χ4v) is 5.10. The summed E-state index contributed by atoms with van der Waals surface area (Å²) in [6, 6.07) is 2.11. The number of halogens is 1. The summed E-state index contributed by atoms with van der Waals surface area (Å²) in [6.45, 7) is 7.20. The maximum Gasteiger partial charge on any atom is 0.241 e. The van der Waals surface area contributed by atoms with Crippen molar-refractivity contribution in [1.29, 1.82) is 0 Å². The van der Waals surface area contributed by atoms with Crippen LogP contribution in [0.1, 0.15) is 25.1 Å². The van der Waals surface area contributed by atoms with E-state index in [4.69, 9.17) is 0 Å². The Morgan fingerprint density at radius 1 is 1.53 bits per heavy atom. The second kappa shape index (κ2) is 7.17. The number of hydrogen-bond donors (Lipinski definition) is 1. The van der Waals surface area contributed by atoms with Crippen molar-refractivity contribution in [3.05, 3.63) is 14.7 Å². The molecule has 0 spiro atoms. The number of rotatable bonds is 7. The van der Waals surface area contributed by atoms with Gasteiger partial charge in [0.15, 0.2) is 0 Å². The first-order valence-corrected chi connectivity index (χ1v) is 9.33. The van der Waals surface area contributed by atoms with Gasteiger partial charge in [0.25, 0.3) is 0 Å². The minimum absolute atomic E-state index is 0.371. The third kappa shape index (κ3) is 4.82. The zero-order valence-corrected chi connectivity index (χ0v) is 15.0. The first-order chi connectivity index (χ1) is 8.77. The van der Waals surface area contributed by atoms with Gasteiger partial charge in [0.2, 0.25) is 10.0 Å². The van der Waals surface area contributed by atoms with Crippen molar-refractivity contribution in [2.45, 2.75) is 38.1 Å². The highest BCUT2D eigenvalue weighted by atomic mass is 79.9. The van der Waals surface area contributed by atoms with Crippen LogP contribution in [0.2, 0.25) is 0 Å². The number of hydrogen-bond acceptors (Lipinski definition) is 4.